The molecule has 7 heteroatoms. The van der Waals surface area contributed by atoms with E-state index in [2.05, 4.69) is 4.98 Å². The normalized spacial score (nSPS) is 25.6. The highest BCUT2D eigenvalue weighted by Gasteiger charge is 2.36. The summed E-state index contributed by atoms with van der Waals surface area (Å²) in [4.78, 5) is 15.3. The Bertz CT molecular complexity index is 428. The van der Waals surface area contributed by atoms with Crippen molar-refractivity contribution >= 4 is 17.6 Å². The monoisotopic (exact) mass is 243 g/mol. The smallest absolute Gasteiger partial charge is 0.351 e. The second-order valence-corrected chi connectivity index (χ2v) is 4.62. The van der Waals surface area contributed by atoms with Crippen molar-refractivity contribution in [1.29, 1.82) is 0 Å². The molecule has 1 fully saturated rings. The molecule has 0 aliphatic carbocycles. The first-order valence-corrected chi connectivity index (χ1v) is 6.02. The molecule has 2 heterocycles. The Morgan fingerprint density at radius 1 is 1.75 bits per heavy atom. The molecule has 1 aliphatic heterocycles. The van der Waals surface area contributed by atoms with Gasteiger partial charge in [0.2, 0.25) is 0 Å². The van der Waals surface area contributed by atoms with Gasteiger partial charge in [0.1, 0.15) is 5.82 Å². The first kappa shape index (κ1) is 11.4. The Hall–Kier alpha value is -1.05. The Kier molecular flexibility index (Phi) is 3.17. The van der Waals surface area contributed by atoms with E-state index in [0.717, 1.165) is 5.75 Å². The van der Waals surface area contributed by atoms with Crippen LogP contribution in [0.2, 0.25) is 0 Å². The molecule has 1 atom stereocenters. The number of nitrogen functional groups attached to an aromatic ring is 1. The summed E-state index contributed by atoms with van der Waals surface area (Å²) < 4.78 is 6.83. The number of hydrogen-bond acceptors (Lipinski definition) is 6. The standard InChI is InChI=1S/C9H13N3O3S/c10-7-1-2-12(8(14)11-7)9(5-13)6-16-4-3-15-9/h1-2,13H,3-6H2,(H2,10,11,14). The fourth-order valence-electron chi connectivity index (χ4n) is 1.60. The molecule has 88 valence electrons. The predicted molar refractivity (Wildman–Crippen MR) is 61.2 cm³/mol. The van der Waals surface area contributed by atoms with Crippen LogP contribution in [-0.4, -0.2) is 39.4 Å². The molecule has 6 nitrogen and oxygen atoms in total. The van der Waals surface area contributed by atoms with Crippen LogP contribution in [0, 0.1) is 0 Å². The van der Waals surface area contributed by atoms with Gasteiger partial charge >= 0.3 is 5.69 Å². The molecule has 1 unspecified atom stereocenters. The highest BCUT2D eigenvalue weighted by Crippen LogP contribution is 2.26. The van der Waals surface area contributed by atoms with Crippen LogP contribution in [0.3, 0.4) is 0 Å². The molecule has 0 aromatic carbocycles. The quantitative estimate of drug-likeness (QED) is 0.709. The maximum atomic E-state index is 11.7. The van der Waals surface area contributed by atoms with Crippen LogP contribution in [0.25, 0.3) is 0 Å². The molecule has 0 saturated carbocycles. The third kappa shape index (κ3) is 1.93. The zero-order valence-electron chi connectivity index (χ0n) is 8.63. The van der Waals surface area contributed by atoms with Crippen LogP contribution < -0.4 is 11.4 Å². The second kappa shape index (κ2) is 4.44. The molecule has 1 aromatic heterocycles. The summed E-state index contributed by atoms with van der Waals surface area (Å²) in [5, 5.41) is 9.43. The third-order valence-corrected chi connectivity index (χ3v) is 3.55. The lowest BCUT2D eigenvalue weighted by atomic mass is 10.2. The molecule has 0 bridgehead atoms. The highest BCUT2D eigenvalue weighted by molar-refractivity contribution is 7.99. The van der Waals surface area contributed by atoms with E-state index >= 15 is 0 Å². The minimum absolute atomic E-state index is 0.165. The summed E-state index contributed by atoms with van der Waals surface area (Å²) >= 11 is 1.63. The number of nitrogens with two attached hydrogens (primary N) is 1. The predicted octanol–water partition coefficient (Wildman–Crippen LogP) is -0.766. The lowest BCUT2D eigenvalue weighted by molar-refractivity contribution is -0.122. The van der Waals surface area contributed by atoms with Crippen LogP contribution in [0.15, 0.2) is 17.1 Å². The molecule has 1 aliphatic rings. The van der Waals surface area contributed by atoms with E-state index in [4.69, 9.17) is 10.5 Å². The average Bonchev–Trinajstić information content (AvgIpc) is 2.30. The van der Waals surface area contributed by atoms with Crippen molar-refractivity contribution in [3.63, 3.8) is 0 Å². The second-order valence-electron chi connectivity index (χ2n) is 3.51. The molecule has 0 spiro atoms. The zero-order valence-corrected chi connectivity index (χ0v) is 9.44. The van der Waals surface area contributed by atoms with Crippen LogP contribution in [0.1, 0.15) is 0 Å². The van der Waals surface area contributed by atoms with Gasteiger partial charge in [-0.15, -0.1) is 0 Å². The number of anilines is 1. The minimum Gasteiger partial charge on any atom is -0.391 e. The van der Waals surface area contributed by atoms with Crippen LogP contribution >= 0.6 is 11.8 Å². The number of nitrogens with zero attached hydrogens (tertiary/aromatic N) is 2. The fourth-order valence-corrected chi connectivity index (χ4v) is 2.58. The van der Waals surface area contributed by atoms with E-state index in [-0.39, 0.29) is 12.4 Å². The van der Waals surface area contributed by atoms with Gasteiger partial charge in [-0.25, -0.2) is 4.79 Å². The molecule has 1 saturated heterocycles. The summed E-state index contributed by atoms with van der Waals surface area (Å²) in [5.74, 6) is 1.55. The van der Waals surface area contributed by atoms with Crippen LogP contribution in [0.4, 0.5) is 5.82 Å². The summed E-state index contributed by atoms with van der Waals surface area (Å²) in [6, 6.07) is 1.52. The molecular formula is C9H13N3O3S. The van der Waals surface area contributed by atoms with Gasteiger partial charge in [0.05, 0.1) is 13.2 Å². The summed E-state index contributed by atoms with van der Waals surface area (Å²) in [5.41, 5.74) is 3.91. The van der Waals surface area contributed by atoms with Crippen molar-refractivity contribution in [3.05, 3.63) is 22.7 Å². The number of rotatable bonds is 2. The number of hydrogen-bond donors (Lipinski definition) is 2. The largest absolute Gasteiger partial charge is 0.391 e. The molecule has 16 heavy (non-hydrogen) atoms. The van der Waals surface area contributed by atoms with Gasteiger partial charge < -0.3 is 15.6 Å². The van der Waals surface area contributed by atoms with Gasteiger partial charge in [-0.05, 0) is 6.07 Å². The molecular weight excluding hydrogens is 230 g/mol. The van der Waals surface area contributed by atoms with Gasteiger partial charge in [0.25, 0.3) is 0 Å². The van der Waals surface area contributed by atoms with E-state index in [1.54, 1.807) is 11.8 Å². The Morgan fingerprint density at radius 3 is 3.12 bits per heavy atom. The highest BCUT2D eigenvalue weighted by atomic mass is 32.2. The van der Waals surface area contributed by atoms with Crippen molar-refractivity contribution in [2.24, 2.45) is 0 Å². The van der Waals surface area contributed by atoms with E-state index in [1.807, 2.05) is 0 Å². The SMILES string of the molecule is Nc1ccn(C2(CO)CSCCO2)c(=O)n1. The number of ether oxygens (including phenoxy) is 1. The zero-order chi connectivity index (χ0) is 11.6. The molecule has 2 rings (SSSR count). The minimum atomic E-state index is -0.999. The number of thioether (sulfide) groups is 1. The van der Waals surface area contributed by atoms with Crippen molar-refractivity contribution in [2.45, 2.75) is 5.72 Å². The maximum Gasteiger partial charge on any atom is 0.351 e. The first-order valence-electron chi connectivity index (χ1n) is 4.86. The fraction of sp³-hybridized carbons (Fsp3) is 0.556. The first-order chi connectivity index (χ1) is 7.68. The van der Waals surface area contributed by atoms with E-state index in [9.17, 15) is 9.90 Å². The number of aromatic nitrogens is 2. The molecule has 0 radical (unpaired) electrons. The van der Waals surface area contributed by atoms with Crippen molar-refractivity contribution in [2.75, 3.05) is 30.5 Å². The third-order valence-electron chi connectivity index (χ3n) is 2.44. The molecule has 1 aromatic rings. The average molecular weight is 243 g/mol. The van der Waals surface area contributed by atoms with E-state index < -0.39 is 11.4 Å². The van der Waals surface area contributed by atoms with Crippen molar-refractivity contribution < 1.29 is 9.84 Å². The van der Waals surface area contributed by atoms with Gasteiger partial charge in [-0.1, -0.05) is 0 Å². The van der Waals surface area contributed by atoms with Gasteiger partial charge in [-0.3, -0.25) is 4.57 Å². The lowest BCUT2D eigenvalue weighted by Gasteiger charge is -2.36. The molecule has 0 amide bonds. The van der Waals surface area contributed by atoms with E-state index in [1.165, 1.54) is 16.8 Å². The van der Waals surface area contributed by atoms with Crippen molar-refractivity contribution in [3.8, 4) is 0 Å². The topological polar surface area (TPSA) is 90.4 Å². The summed E-state index contributed by atoms with van der Waals surface area (Å²) in [6.07, 6.45) is 1.51. The summed E-state index contributed by atoms with van der Waals surface area (Å²) in [6.45, 7) is 0.244. The number of aliphatic hydroxyl groups is 1. The number of aliphatic hydroxyl groups excluding tert-OH is 1. The maximum absolute atomic E-state index is 11.7. The van der Waals surface area contributed by atoms with E-state index in [0.29, 0.717) is 12.4 Å². The Labute approximate surface area is 96.4 Å². The van der Waals surface area contributed by atoms with Gasteiger partial charge in [0, 0.05) is 17.7 Å². The van der Waals surface area contributed by atoms with Crippen LogP contribution in [-0.2, 0) is 10.5 Å². The summed E-state index contributed by atoms with van der Waals surface area (Å²) in [7, 11) is 0. The van der Waals surface area contributed by atoms with Crippen LogP contribution in [0.5, 0.6) is 0 Å². The van der Waals surface area contributed by atoms with Gasteiger partial charge in [-0.2, -0.15) is 16.7 Å². The molecule has 3 N–H and O–H groups in total. The lowest BCUT2D eigenvalue weighted by Crippen LogP contribution is -2.51. The Balaban J connectivity index is 2.43. The van der Waals surface area contributed by atoms with Crippen molar-refractivity contribution in [1.82, 2.24) is 9.55 Å². The van der Waals surface area contributed by atoms with Gasteiger partial charge in [0.15, 0.2) is 5.72 Å². The Morgan fingerprint density at radius 2 is 2.56 bits per heavy atom.